The summed E-state index contributed by atoms with van der Waals surface area (Å²) >= 11 is 0. The number of hydrogen-bond donors (Lipinski definition) is 0. The molecule has 1 saturated heterocycles. The highest BCUT2D eigenvalue weighted by molar-refractivity contribution is 5.86. The lowest BCUT2D eigenvalue weighted by Gasteiger charge is -2.37. The number of pyridine rings is 1. The molecule has 158 valence electrons. The van der Waals surface area contributed by atoms with E-state index in [1.165, 1.54) is 24.8 Å². The van der Waals surface area contributed by atoms with Gasteiger partial charge in [-0.05, 0) is 64.1 Å². The van der Waals surface area contributed by atoms with Crippen LogP contribution in [-0.4, -0.2) is 41.2 Å². The number of nitrogens with zero attached hydrogens (tertiary/aromatic N) is 3. The van der Waals surface area contributed by atoms with Gasteiger partial charge in [0.05, 0.1) is 0 Å². The molecule has 28 heavy (non-hydrogen) atoms. The molecule has 1 aliphatic heterocycles. The first-order valence-corrected chi connectivity index (χ1v) is 10.9. The minimum atomic E-state index is -0.513. The lowest BCUT2D eigenvalue weighted by molar-refractivity contribution is 0.0578. The molecule has 0 aliphatic carbocycles. The van der Waals surface area contributed by atoms with Crippen molar-refractivity contribution in [2.24, 2.45) is 5.92 Å². The Balaban J connectivity index is 2.17. The molecular weight excluding hydrogens is 350 g/mol. The minimum Gasteiger partial charge on any atom is -0.443 e. The summed E-state index contributed by atoms with van der Waals surface area (Å²) in [5.41, 5.74) is 0.740. The van der Waals surface area contributed by atoms with Crippen LogP contribution in [0, 0.1) is 5.92 Å². The monoisotopic (exact) mass is 389 g/mol. The number of carbonyl (C=O) groups is 1. The molecule has 2 rings (SSSR count). The second-order valence-corrected chi connectivity index (χ2v) is 9.34. The molecule has 0 aromatic carbocycles. The van der Waals surface area contributed by atoms with Crippen molar-refractivity contribution in [3.05, 3.63) is 23.9 Å². The molecule has 0 saturated carbocycles. The molecule has 0 spiro atoms. The molecule has 1 aliphatic rings. The molecule has 5 heteroatoms. The first-order chi connectivity index (χ1) is 13.2. The summed E-state index contributed by atoms with van der Waals surface area (Å²) in [7, 11) is 0. The van der Waals surface area contributed by atoms with Gasteiger partial charge in [-0.1, -0.05) is 39.7 Å². The lowest BCUT2D eigenvalue weighted by Crippen LogP contribution is -2.38. The molecule has 1 atom stereocenters. The molecule has 1 fully saturated rings. The largest absolute Gasteiger partial charge is 0.443 e. The maximum Gasteiger partial charge on any atom is 0.416 e. The normalized spacial score (nSPS) is 18.3. The Morgan fingerprint density at radius 3 is 2.64 bits per heavy atom. The SMILES string of the molecule is CCCCN(C(=O)OC(C)(C)C)c1ccc([C@@H]2CCCCN2CC(C)C)cn1. The summed E-state index contributed by atoms with van der Waals surface area (Å²) in [6, 6.07) is 4.56. The van der Waals surface area contributed by atoms with E-state index in [1.807, 2.05) is 33.0 Å². The smallest absolute Gasteiger partial charge is 0.416 e. The van der Waals surface area contributed by atoms with Gasteiger partial charge in [0, 0.05) is 25.3 Å². The van der Waals surface area contributed by atoms with Gasteiger partial charge in [-0.25, -0.2) is 9.78 Å². The molecule has 1 amide bonds. The van der Waals surface area contributed by atoms with Crippen molar-refractivity contribution in [3.63, 3.8) is 0 Å². The van der Waals surface area contributed by atoms with E-state index in [0.717, 1.165) is 25.9 Å². The average molecular weight is 390 g/mol. The van der Waals surface area contributed by atoms with Gasteiger partial charge in [-0.15, -0.1) is 0 Å². The summed E-state index contributed by atoms with van der Waals surface area (Å²) in [5.74, 6) is 1.34. The molecule has 2 heterocycles. The van der Waals surface area contributed by atoms with Crippen molar-refractivity contribution in [3.8, 4) is 0 Å². The van der Waals surface area contributed by atoms with E-state index in [0.29, 0.717) is 24.3 Å². The Bertz CT molecular complexity index is 607. The topological polar surface area (TPSA) is 45.7 Å². The Morgan fingerprint density at radius 1 is 1.32 bits per heavy atom. The highest BCUT2D eigenvalue weighted by atomic mass is 16.6. The van der Waals surface area contributed by atoms with E-state index in [-0.39, 0.29) is 6.09 Å². The fourth-order valence-corrected chi connectivity index (χ4v) is 3.74. The third-order valence-corrected chi connectivity index (χ3v) is 4.99. The molecule has 5 nitrogen and oxygen atoms in total. The molecule has 0 N–H and O–H groups in total. The van der Waals surface area contributed by atoms with E-state index in [2.05, 4.69) is 36.7 Å². The summed E-state index contributed by atoms with van der Waals surface area (Å²) in [6.07, 6.45) is 7.30. The molecule has 1 aromatic rings. The Hall–Kier alpha value is -1.62. The van der Waals surface area contributed by atoms with Crippen molar-refractivity contribution in [2.45, 2.75) is 85.3 Å². The third kappa shape index (κ3) is 6.77. The average Bonchev–Trinajstić information content (AvgIpc) is 2.61. The van der Waals surface area contributed by atoms with E-state index in [4.69, 9.17) is 4.74 Å². The van der Waals surface area contributed by atoms with Gasteiger partial charge in [0.25, 0.3) is 0 Å². The summed E-state index contributed by atoms with van der Waals surface area (Å²) < 4.78 is 5.60. The van der Waals surface area contributed by atoms with Crippen LogP contribution in [0.3, 0.4) is 0 Å². The standard InChI is InChI=1S/C23H39N3O2/c1-7-8-15-26(22(27)28-23(4,5)6)21-13-12-19(16-24-21)20-11-9-10-14-25(20)17-18(2)3/h12-13,16,18,20H,7-11,14-15,17H2,1-6H3/t20-/m0/s1. The number of hydrogen-bond acceptors (Lipinski definition) is 4. The number of aromatic nitrogens is 1. The van der Waals surface area contributed by atoms with Crippen LogP contribution in [0.2, 0.25) is 0 Å². The zero-order chi connectivity index (χ0) is 20.7. The maximum atomic E-state index is 12.7. The second-order valence-electron chi connectivity index (χ2n) is 9.34. The van der Waals surface area contributed by atoms with Gasteiger partial charge >= 0.3 is 6.09 Å². The predicted molar refractivity (Wildman–Crippen MR) is 116 cm³/mol. The lowest BCUT2D eigenvalue weighted by atomic mass is 9.95. The maximum absolute atomic E-state index is 12.7. The van der Waals surface area contributed by atoms with Crippen LogP contribution in [0.15, 0.2) is 18.3 Å². The number of rotatable bonds is 7. The summed E-state index contributed by atoms with van der Waals surface area (Å²) in [4.78, 5) is 21.6. The third-order valence-electron chi connectivity index (χ3n) is 4.99. The van der Waals surface area contributed by atoms with Crippen LogP contribution >= 0.6 is 0 Å². The van der Waals surface area contributed by atoms with Gasteiger partial charge in [0.2, 0.25) is 0 Å². The van der Waals surface area contributed by atoms with Crippen LogP contribution < -0.4 is 4.90 Å². The van der Waals surface area contributed by atoms with Crippen molar-refractivity contribution >= 4 is 11.9 Å². The highest BCUT2D eigenvalue weighted by Crippen LogP contribution is 2.32. The molecular formula is C23H39N3O2. The van der Waals surface area contributed by atoms with E-state index in [9.17, 15) is 4.79 Å². The number of ether oxygens (including phenoxy) is 1. The predicted octanol–water partition coefficient (Wildman–Crippen LogP) is 5.81. The number of anilines is 1. The number of piperidine rings is 1. The van der Waals surface area contributed by atoms with E-state index >= 15 is 0 Å². The number of likely N-dealkylation sites (tertiary alicyclic amines) is 1. The highest BCUT2D eigenvalue weighted by Gasteiger charge is 2.26. The first-order valence-electron chi connectivity index (χ1n) is 10.9. The number of unbranched alkanes of at least 4 members (excludes halogenated alkanes) is 1. The molecule has 1 aromatic heterocycles. The molecule has 0 unspecified atom stereocenters. The summed E-state index contributed by atoms with van der Waals surface area (Å²) in [5, 5.41) is 0. The Labute approximate surface area is 171 Å². The van der Waals surface area contributed by atoms with Crippen molar-refractivity contribution in [1.82, 2.24) is 9.88 Å². The van der Waals surface area contributed by atoms with Crippen LogP contribution in [0.5, 0.6) is 0 Å². The molecule has 0 radical (unpaired) electrons. The van der Waals surface area contributed by atoms with Crippen molar-refractivity contribution in [1.29, 1.82) is 0 Å². The first kappa shape index (κ1) is 22.7. The van der Waals surface area contributed by atoms with E-state index in [1.54, 1.807) is 4.90 Å². The van der Waals surface area contributed by atoms with Crippen LogP contribution in [0.1, 0.15) is 85.3 Å². The van der Waals surface area contributed by atoms with Crippen molar-refractivity contribution < 1.29 is 9.53 Å². The van der Waals surface area contributed by atoms with E-state index < -0.39 is 5.60 Å². The zero-order valence-electron chi connectivity index (χ0n) is 18.7. The zero-order valence-corrected chi connectivity index (χ0v) is 18.7. The van der Waals surface area contributed by atoms with Crippen LogP contribution in [0.25, 0.3) is 0 Å². The van der Waals surface area contributed by atoms with Gasteiger partial charge in [0.15, 0.2) is 0 Å². The summed E-state index contributed by atoms with van der Waals surface area (Å²) in [6.45, 7) is 15.3. The Morgan fingerprint density at radius 2 is 2.07 bits per heavy atom. The fraction of sp³-hybridized carbons (Fsp3) is 0.739. The van der Waals surface area contributed by atoms with Gasteiger partial charge < -0.3 is 4.74 Å². The number of carbonyl (C=O) groups excluding carboxylic acids is 1. The minimum absolute atomic E-state index is 0.319. The number of amides is 1. The van der Waals surface area contributed by atoms with Crippen LogP contribution in [0.4, 0.5) is 10.6 Å². The van der Waals surface area contributed by atoms with Crippen LogP contribution in [-0.2, 0) is 4.74 Å². The van der Waals surface area contributed by atoms with Crippen molar-refractivity contribution in [2.75, 3.05) is 24.5 Å². The van der Waals surface area contributed by atoms with Gasteiger partial charge in [-0.2, -0.15) is 0 Å². The van der Waals surface area contributed by atoms with Gasteiger partial charge in [-0.3, -0.25) is 9.80 Å². The quantitative estimate of drug-likeness (QED) is 0.591. The molecule has 0 bridgehead atoms. The van der Waals surface area contributed by atoms with Gasteiger partial charge in [0.1, 0.15) is 11.4 Å². The fourth-order valence-electron chi connectivity index (χ4n) is 3.74. The second kappa shape index (κ2) is 10.2. The Kier molecular flexibility index (Phi) is 8.29.